The Balaban J connectivity index is 1.78. The van der Waals surface area contributed by atoms with Crippen molar-refractivity contribution in [3.05, 3.63) is 29.6 Å². The Labute approximate surface area is 160 Å². The molecule has 0 radical (unpaired) electrons. The molecule has 150 valence electrons. The van der Waals surface area contributed by atoms with Gasteiger partial charge in [-0.1, -0.05) is 6.07 Å². The molecule has 0 unspecified atom stereocenters. The van der Waals surface area contributed by atoms with Crippen molar-refractivity contribution in [1.82, 2.24) is 20.9 Å². The molecule has 3 N–H and O–H groups in total. The Morgan fingerprint density at radius 3 is 2.70 bits per heavy atom. The van der Waals surface area contributed by atoms with E-state index in [9.17, 15) is 9.18 Å². The molecule has 0 spiro atoms. The number of hydrogen-bond acceptors (Lipinski definition) is 4. The minimum Gasteiger partial charge on any atom is -0.491 e. The van der Waals surface area contributed by atoms with Crippen LogP contribution in [0, 0.1) is 5.82 Å². The highest BCUT2D eigenvalue weighted by molar-refractivity contribution is 5.80. The van der Waals surface area contributed by atoms with Crippen LogP contribution in [0.4, 0.5) is 4.39 Å². The van der Waals surface area contributed by atoms with Crippen molar-refractivity contribution < 1.29 is 13.9 Å². The van der Waals surface area contributed by atoms with Crippen LogP contribution >= 0.6 is 0 Å². The van der Waals surface area contributed by atoms with Gasteiger partial charge in [-0.25, -0.2) is 4.39 Å². The molecule has 0 aliphatic carbocycles. The number of hydrogen-bond donors (Lipinski definition) is 3. The number of nitrogens with one attached hydrogen (secondary N) is 3. The summed E-state index contributed by atoms with van der Waals surface area (Å²) >= 11 is 0. The largest absolute Gasteiger partial charge is 0.491 e. The highest BCUT2D eigenvalue weighted by atomic mass is 19.1. The molecule has 1 amide bonds. The summed E-state index contributed by atoms with van der Waals surface area (Å²) < 4.78 is 19.2. The van der Waals surface area contributed by atoms with E-state index in [1.165, 1.54) is 6.07 Å². The van der Waals surface area contributed by atoms with Crippen LogP contribution < -0.4 is 20.7 Å². The fourth-order valence-electron chi connectivity index (χ4n) is 3.02. The third-order valence-electron chi connectivity index (χ3n) is 4.55. The lowest BCUT2D eigenvalue weighted by Crippen LogP contribution is -2.49. The maximum atomic E-state index is 13.9. The predicted molar refractivity (Wildman–Crippen MR) is 104 cm³/mol. The zero-order valence-electron chi connectivity index (χ0n) is 16.3. The molecule has 2 rings (SSSR count). The highest BCUT2D eigenvalue weighted by Gasteiger charge is 2.21. The average molecular weight is 379 g/mol. The summed E-state index contributed by atoms with van der Waals surface area (Å²) in [5.74, 6) is 0.644. The number of amides is 1. The number of halogens is 1. The van der Waals surface area contributed by atoms with Gasteiger partial charge in [0.25, 0.3) is 0 Å². The van der Waals surface area contributed by atoms with Crippen LogP contribution in [0.2, 0.25) is 0 Å². The van der Waals surface area contributed by atoms with Gasteiger partial charge < -0.3 is 20.7 Å². The molecule has 8 heteroatoms. The number of likely N-dealkylation sites (tertiary alicyclic amines) is 1. The third kappa shape index (κ3) is 6.71. The molecule has 0 bridgehead atoms. The summed E-state index contributed by atoms with van der Waals surface area (Å²) in [5, 5.41) is 9.27. The van der Waals surface area contributed by atoms with Gasteiger partial charge in [0.1, 0.15) is 0 Å². The number of aliphatic imine (C=N–C) groups is 1. The zero-order valence-corrected chi connectivity index (χ0v) is 16.3. The van der Waals surface area contributed by atoms with Crippen LogP contribution in [-0.4, -0.2) is 63.1 Å². The summed E-state index contributed by atoms with van der Waals surface area (Å²) in [6.45, 7) is 4.91. The number of rotatable bonds is 7. The minimum atomic E-state index is -0.359. The van der Waals surface area contributed by atoms with E-state index in [-0.39, 0.29) is 17.5 Å². The van der Waals surface area contributed by atoms with E-state index in [4.69, 9.17) is 4.74 Å². The van der Waals surface area contributed by atoms with Gasteiger partial charge in [-0.05, 0) is 37.5 Å². The molecule has 7 nitrogen and oxygen atoms in total. The van der Waals surface area contributed by atoms with E-state index >= 15 is 0 Å². The lowest BCUT2D eigenvalue weighted by atomic mass is 10.1. The number of ether oxygens (including phenoxy) is 1. The van der Waals surface area contributed by atoms with E-state index in [2.05, 4.69) is 25.8 Å². The molecule has 1 aromatic rings. The number of carbonyl (C=O) groups is 1. The number of likely N-dealkylation sites (N-methyl/N-ethyl adjacent to an activating group) is 1. The molecule has 1 fully saturated rings. The van der Waals surface area contributed by atoms with Crippen LogP contribution in [0.5, 0.6) is 5.75 Å². The summed E-state index contributed by atoms with van der Waals surface area (Å²) in [6, 6.07) is 5.26. The van der Waals surface area contributed by atoms with Crippen LogP contribution in [0.15, 0.2) is 23.2 Å². The molecule has 1 aromatic carbocycles. The van der Waals surface area contributed by atoms with Gasteiger partial charge in [-0.3, -0.25) is 14.7 Å². The molecule has 1 aliphatic heterocycles. The van der Waals surface area contributed by atoms with E-state index < -0.39 is 0 Å². The van der Waals surface area contributed by atoms with Crippen molar-refractivity contribution in [3.8, 4) is 5.75 Å². The number of carbonyl (C=O) groups excluding carboxylic acids is 1. The number of guanidine groups is 1. The Kier molecular flexibility index (Phi) is 8.32. The van der Waals surface area contributed by atoms with Gasteiger partial charge >= 0.3 is 0 Å². The average Bonchev–Trinajstić information content (AvgIpc) is 2.68. The number of benzene rings is 1. The van der Waals surface area contributed by atoms with E-state index in [0.717, 1.165) is 31.5 Å². The smallest absolute Gasteiger partial charge is 0.233 e. The first kappa shape index (κ1) is 21.0. The molecular formula is C19H30FN5O2. The lowest BCUT2D eigenvalue weighted by molar-refractivity contribution is -0.122. The Morgan fingerprint density at radius 2 is 2.11 bits per heavy atom. The molecule has 1 saturated heterocycles. The molecule has 27 heavy (non-hydrogen) atoms. The topological polar surface area (TPSA) is 78.0 Å². The van der Waals surface area contributed by atoms with Crippen molar-refractivity contribution in [2.24, 2.45) is 4.99 Å². The van der Waals surface area contributed by atoms with E-state index in [1.54, 1.807) is 20.2 Å². The quantitative estimate of drug-likeness (QED) is 0.489. The van der Waals surface area contributed by atoms with Crippen molar-refractivity contribution >= 4 is 11.9 Å². The van der Waals surface area contributed by atoms with E-state index in [1.807, 2.05) is 13.0 Å². The maximum Gasteiger partial charge on any atom is 0.233 e. The van der Waals surface area contributed by atoms with Gasteiger partial charge in [0.05, 0.1) is 13.2 Å². The van der Waals surface area contributed by atoms with Crippen LogP contribution in [0.3, 0.4) is 0 Å². The van der Waals surface area contributed by atoms with Gasteiger partial charge in [-0.15, -0.1) is 0 Å². The normalized spacial score (nSPS) is 16.1. The third-order valence-corrected chi connectivity index (χ3v) is 4.55. The van der Waals surface area contributed by atoms with Crippen LogP contribution in [-0.2, 0) is 11.3 Å². The highest BCUT2D eigenvalue weighted by Crippen LogP contribution is 2.18. The van der Waals surface area contributed by atoms with Crippen molar-refractivity contribution in [2.45, 2.75) is 32.4 Å². The van der Waals surface area contributed by atoms with Gasteiger partial charge in [-0.2, -0.15) is 0 Å². The Hall–Kier alpha value is -2.35. The molecule has 0 saturated carbocycles. The first-order valence-electron chi connectivity index (χ1n) is 9.37. The fraction of sp³-hybridized carbons (Fsp3) is 0.579. The molecule has 1 heterocycles. The molecular weight excluding hydrogens is 349 g/mol. The van der Waals surface area contributed by atoms with Gasteiger partial charge in [0, 0.05) is 39.8 Å². The summed E-state index contributed by atoms with van der Waals surface area (Å²) in [6.07, 6.45) is 1.88. The van der Waals surface area contributed by atoms with Gasteiger partial charge in [0.2, 0.25) is 5.91 Å². The van der Waals surface area contributed by atoms with Crippen molar-refractivity contribution in [2.75, 3.05) is 40.3 Å². The second kappa shape index (κ2) is 10.7. The summed E-state index contributed by atoms with van der Waals surface area (Å²) in [4.78, 5) is 17.8. The van der Waals surface area contributed by atoms with Crippen LogP contribution in [0.1, 0.15) is 25.3 Å². The predicted octanol–water partition coefficient (Wildman–Crippen LogP) is 1.10. The van der Waals surface area contributed by atoms with Crippen LogP contribution in [0.25, 0.3) is 0 Å². The number of piperidine rings is 1. The van der Waals surface area contributed by atoms with E-state index in [0.29, 0.717) is 31.7 Å². The monoisotopic (exact) mass is 379 g/mol. The first-order valence-corrected chi connectivity index (χ1v) is 9.37. The number of nitrogens with zero attached hydrogens (tertiary/aromatic N) is 2. The fourth-order valence-corrected chi connectivity index (χ4v) is 3.02. The summed E-state index contributed by atoms with van der Waals surface area (Å²) in [5.41, 5.74) is 0.819. The van der Waals surface area contributed by atoms with Crippen molar-refractivity contribution in [3.63, 3.8) is 0 Å². The molecule has 0 aromatic heterocycles. The first-order chi connectivity index (χ1) is 13.0. The standard InChI is InChI=1S/C19H30FN5O2/c1-4-27-17-6-5-14(11-16(17)20)12-23-19(22-3)24-15-7-9-25(10-8-15)13-18(26)21-2/h5-6,11,15H,4,7-10,12-13H2,1-3H3,(H,21,26)(H2,22,23,24). The Morgan fingerprint density at radius 1 is 1.37 bits per heavy atom. The minimum absolute atomic E-state index is 0.0430. The second-order valence-corrected chi connectivity index (χ2v) is 6.49. The zero-order chi connectivity index (χ0) is 19.6. The summed E-state index contributed by atoms with van der Waals surface area (Å²) in [7, 11) is 3.37. The maximum absolute atomic E-state index is 13.9. The SMILES string of the molecule is CCOc1ccc(CNC(=NC)NC2CCN(CC(=O)NC)CC2)cc1F. The Bertz CT molecular complexity index is 645. The van der Waals surface area contributed by atoms with Crippen molar-refractivity contribution in [1.29, 1.82) is 0 Å². The lowest BCUT2D eigenvalue weighted by Gasteiger charge is -2.32. The second-order valence-electron chi connectivity index (χ2n) is 6.49. The van der Waals surface area contributed by atoms with Gasteiger partial charge in [0.15, 0.2) is 17.5 Å². The molecule has 0 atom stereocenters. The molecule has 1 aliphatic rings.